The van der Waals surface area contributed by atoms with Crippen LogP contribution in [0, 0.1) is 0 Å². The summed E-state index contributed by atoms with van der Waals surface area (Å²) in [4.78, 5) is 24.0. The average Bonchev–Trinajstić information content (AvgIpc) is 2.42. The Morgan fingerprint density at radius 3 is 2.74 bits per heavy atom. The van der Waals surface area contributed by atoms with E-state index in [-0.39, 0.29) is 5.91 Å². The molecule has 0 aromatic heterocycles. The lowest BCUT2D eigenvalue weighted by molar-refractivity contribution is -0.139. The molecule has 0 aliphatic carbocycles. The molecule has 0 saturated carbocycles. The number of carboxylic acid groups (broad SMARTS) is 1. The van der Waals surface area contributed by atoms with Crippen molar-refractivity contribution in [2.24, 2.45) is 0 Å². The molecule has 1 aromatic carbocycles. The number of allylic oxidation sites excluding steroid dienone is 1. The number of aliphatic carboxylic acids is 1. The lowest BCUT2D eigenvalue weighted by Crippen LogP contribution is -2.40. The molecule has 0 spiro atoms. The molecule has 1 unspecified atom stereocenters. The van der Waals surface area contributed by atoms with Crippen molar-refractivity contribution in [3.8, 4) is 0 Å². The molecule has 19 heavy (non-hydrogen) atoms. The van der Waals surface area contributed by atoms with E-state index in [0.717, 1.165) is 4.90 Å². The quantitative estimate of drug-likeness (QED) is 0.594. The van der Waals surface area contributed by atoms with E-state index in [1.165, 1.54) is 11.8 Å². The third-order valence-electron chi connectivity index (χ3n) is 2.61. The normalized spacial score (nSPS) is 11.6. The van der Waals surface area contributed by atoms with E-state index in [0.29, 0.717) is 18.4 Å². The number of hydrogen-bond acceptors (Lipinski definition) is 3. The second-order valence-electron chi connectivity index (χ2n) is 3.93. The number of rotatable bonds is 7. The maximum atomic E-state index is 12.1. The molecular formula is C14H17NO3S. The Hall–Kier alpha value is -1.75. The van der Waals surface area contributed by atoms with Crippen LogP contribution in [0.1, 0.15) is 23.2 Å². The summed E-state index contributed by atoms with van der Waals surface area (Å²) in [5.74, 6) is -1.39. The monoisotopic (exact) mass is 279 g/mol. The Morgan fingerprint density at radius 1 is 1.47 bits per heavy atom. The van der Waals surface area contributed by atoms with E-state index in [4.69, 9.17) is 5.11 Å². The molecular weight excluding hydrogens is 262 g/mol. The van der Waals surface area contributed by atoms with Crippen LogP contribution in [-0.4, -0.2) is 29.3 Å². The van der Waals surface area contributed by atoms with Gasteiger partial charge in [0, 0.05) is 4.90 Å². The molecule has 5 heteroatoms. The Labute approximate surface area is 116 Å². The minimum Gasteiger partial charge on any atom is -0.480 e. The molecule has 2 N–H and O–H groups in total. The second-order valence-corrected chi connectivity index (χ2v) is 4.78. The molecule has 0 heterocycles. The number of hydrogen-bond donors (Lipinski definition) is 2. The van der Waals surface area contributed by atoms with Gasteiger partial charge in [-0.3, -0.25) is 4.79 Å². The fraction of sp³-hybridized carbons (Fsp3) is 0.286. The molecule has 102 valence electrons. The number of carbonyl (C=O) groups is 2. The molecule has 4 nitrogen and oxygen atoms in total. The average molecular weight is 279 g/mol. The minimum atomic E-state index is -1.03. The fourth-order valence-electron chi connectivity index (χ4n) is 1.61. The predicted octanol–water partition coefficient (Wildman–Crippen LogP) is 2.56. The Morgan fingerprint density at radius 2 is 2.16 bits per heavy atom. The zero-order valence-corrected chi connectivity index (χ0v) is 11.6. The van der Waals surface area contributed by atoms with E-state index < -0.39 is 12.0 Å². The highest BCUT2D eigenvalue weighted by Gasteiger charge is 2.20. The van der Waals surface area contributed by atoms with Gasteiger partial charge < -0.3 is 10.4 Å². The maximum absolute atomic E-state index is 12.1. The van der Waals surface area contributed by atoms with Gasteiger partial charge in [0.1, 0.15) is 6.04 Å². The van der Waals surface area contributed by atoms with Crippen molar-refractivity contribution in [3.05, 3.63) is 42.5 Å². The van der Waals surface area contributed by atoms with Crippen LogP contribution >= 0.6 is 11.8 Å². The molecule has 0 saturated heterocycles. The largest absolute Gasteiger partial charge is 0.480 e. The number of thioether (sulfide) groups is 1. The minimum absolute atomic E-state index is 0.339. The number of carboxylic acids is 1. The van der Waals surface area contributed by atoms with E-state index in [9.17, 15) is 9.59 Å². The molecule has 1 amide bonds. The third kappa shape index (κ3) is 4.44. The first-order valence-corrected chi connectivity index (χ1v) is 7.10. The molecule has 1 aromatic rings. The predicted molar refractivity (Wildman–Crippen MR) is 76.5 cm³/mol. The van der Waals surface area contributed by atoms with Gasteiger partial charge in [-0.05, 0) is 31.2 Å². The van der Waals surface area contributed by atoms with E-state index in [1.54, 1.807) is 18.2 Å². The van der Waals surface area contributed by atoms with Gasteiger partial charge in [0.15, 0.2) is 0 Å². The van der Waals surface area contributed by atoms with E-state index in [1.807, 2.05) is 18.4 Å². The van der Waals surface area contributed by atoms with Crippen molar-refractivity contribution >= 4 is 23.6 Å². The van der Waals surface area contributed by atoms with Crippen LogP contribution < -0.4 is 5.32 Å². The molecule has 0 bridgehead atoms. The summed E-state index contributed by atoms with van der Waals surface area (Å²) in [6.07, 6.45) is 4.39. The number of carbonyl (C=O) groups excluding carboxylic acids is 1. The van der Waals surface area contributed by atoms with Crippen LogP contribution in [0.25, 0.3) is 0 Å². The lowest BCUT2D eigenvalue weighted by Gasteiger charge is -2.14. The summed E-state index contributed by atoms with van der Waals surface area (Å²) >= 11 is 1.45. The van der Waals surface area contributed by atoms with Crippen LogP contribution in [0.4, 0.5) is 0 Å². The Balaban J connectivity index is 2.81. The van der Waals surface area contributed by atoms with Crippen molar-refractivity contribution in [3.63, 3.8) is 0 Å². The highest BCUT2D eigenvalue weighted by Crippen LogP contribution is 2.19. The van der Waals surface area contributed by atoms with Gasteiger partial charge in [0.25, 0.3) is 5.91 Å². The standard InChI is InChI=1S/C14H17NO3S/c1-3-4-8-11(14(17)18)15-13(16)10-7-5-6-9-12(10)19-2/h3,5-7,9,11H,1,4,8H2,2H3,(H,15,16)(H,17,18). The highest BCUT2D eigenvalue weighted by molar-refractivity contribution is 7.98. The third-order valence-corrected chi connectivity index (χ3v) is 3.41. The molecule has 0 fully saturated rings. The first kappa shape index (κ1) is 15.3. The molecule has 0 aliphatic heterocycles. The highest BCUT2D eigenvalue weighted by atomic mass is 32.2. The van der Waals surface area contributed by atoms with Crippen molar-refractivity contribution in [1.29, 1.82) is 0 Å². The van der Waals surface area contributed by atoms with Crippen LogP contribution in [0.5, 0.6) is 0 Å². The van der Waals surface area contributed by atoms with Crippen LogP contribution in [-0.2, 0) is 4.79 Å². The van der Waals surface area contributed by atoms with E-state index in [2.05, 4.69) is 11.9 Å². The summed E-state index contributed by atoms with van der Waals surface area (Å²) < 4.78 is 0. The summed E-state index contributed by atoms with van der Waals surface area (Å²) in [5, 5.41) is 11.6. The smallest absolute Gasteiger partial charge is 0.326 e. The summed E-state index contributed by atoms with van der Waals surface area (Å²) in [6, 6.07) is 6.23. The van der Waals surface area contributed by atoms with Crippen LogP contribution in [0.15, 0.2) is 41.8 Å². The van der Waals surface area contributed by atoms with Gasteiger partial charge in [0.05, 0.1) is 5.56 Å². The zero-order chi connectivity index (χ0) is 14.3. The van der Waals surface area contributed by atoms with Gasteiger partial charge in [-0.25, -0.2) is 4.79 Å². The van der Waals surface area contributed by atoms with Crippen molar-refractivity contribution in [1.82, 2.24) is 5.32 Å². The zero-order valence-electron chi connectivity index (χ0n) is 10.8. The van der Waals surface area contributed by atoms with Gasteiger partial charge >= 0.3 is 5.97 Å². The fourth-order valence-corrected chi connectivity index (χ4v) is 2.21. The molecule has 0 radical (unpaired) electrons. The summed E-state index contributed by atoms with van der Waals surface area (Å²) in [6.45, 7) is 3.55. The SMILES string of the molecule is C=CCCC(NC(=O)c1ccccc1SC)C(=O)O. The van der Waals surface area contributed by atoms with Gasteiger partial charge in [-0.2, -0.15) is 0 Å². The summed E-state index contributed by atoms with van der Waals surface area (Å²) in [7, 11) is 0. The van der Waals surface area contributed by atoms with Gasteiger partial charge in [-0.1, -0.05) is 18.2 Å². The molecule has 1 rings (SSSR count). The van der Waals surface area contributed by atoms with E-state index >= 15 is 0 Å². The summed E-state index contributed by atoms with van der Waals surface area (Å²) in [5.41, 5.74) is 0.500. The Kier molecular flexibility index (Phi) is 6.15. The van der Waals surface area contributed by atoms with Gasteiger partial charge in [0.2, 0.25) is 0 Å². The van der Waals surface area contributed by atoms with Crippen molar-refractivity contribution in [2.45, 2.75) is 23.8 Å². The first-order chi connectivity index (χ1) is 9.10. The molecule has 1 atom stereocenters. The Bertz CT molecular complexity index is 474. The number of nitrogens with one attached hydrogen (secondary N) is 1. The first-order valence-electron chi connectivity index (χ1n) is 5.87. The van der Waals surface area contributed by atoms with Crippen LogP contribution in [0.3, 0.4) is 0 Å². The van der Waals surface area contributed by atoms with Gasteiger partial charge in [-0.15, -0.1) is 18.3 Å². The second kappa shape index (κ2) is 7.63. The van der Waals surface area contributed by atoms with Crippen molar-refractivity contribution in [2.75, 3.05) is 6.26 Å². The molecule has 0 aliphatic rings. The van der Waals surface area contributed by atoms with Crippen LogP contribution in [0.2, 0.25) is 0 Å². The maximum Gasteiger partial charge on any atom is 0.326 e. The van der Waals surface area contributed by atoms with Crippen molar-refractivity contribution < 1.29 is 14.7 Å². The number of benzene rings is 1. The lowest BCUT2D eigenvalue weighted by atomic mass is 10.1. The topological polar surface area (TPSA) is 66.4 Å². The number of amides is 1.